The summed E-state index contributed by atoms with van der Waals surface area (Å²) in [4.78, 5) is 0. The molecule has 1 aliphatic heterocycles. The highest BCUT2D eigenvalue weighted by molar-refractivity contribution is 4.98. The quantitative estimate of drug-likeness (QED) is 0.417. The lowest BCUT2D eigenvalue weighted by Gasteiger charge is -2.46. The number of rotatable bonds is 2. The highest BCUT2D eigenvalue weighted by atomic mass is 16.3. The van der Waals surface area contributed by atoms with Gasteiger partial charge in [-0.1, -0.05) is 0 Å². The summed E-state index contributed by atoms with van der Waals surface area (Å²) in [7, 11) is 2.10. The Labute approximate surface area is 62.1 Å². The maximum absolute atomic E-state index is 8.70. The van der Waals surface area contributed by atoms with Gasteiger partial charge in [0.2, 0.25) is 0 Å². The lowest BCUT2D eigenvalue weighted by Crippen LogP contribution is -2.62. The molecule has 2 nitrogen and oxygen atoms in total. The second-order valence-electron chi connectivity index (χ2n) is 3.12. The molecule has 1 fully saturated rings. The molecule has 1 saturated heterocycles. The van der Waals surface area contributed by atoms with Crippen LogP contribution in [0.25, 0.3) is 0 Å². The van der Waals surface area contributed by atoms with E-state index in [0.717, 1.165) is 24.0 Å². The molecule has 0 aliphatic carbocycles. The average Bonchev–Trinajstić information content (AvgIpc) is 1.88. The lowest BCUT2D eigenvalue weighted by molar-refractivity contribution is -0.964. The fraction of sp³-hybridized carbons (Fsp3) is 0.750. The number of likely N-dealkylation sites (tertiary alicyclic amines) is 1. The molecule has 10 heavy (non-hydrogen) atoms. The Balaban J connectivity index is 2.46. The van der Waals surface area contributed by atoms with Gasteiger partial charge in [-0.15, -0.1) is 6.42 Å². The Hall–Kier alpha value is -0.520. The number of aliphatic hydroxyl groups excluding tert-OH is 1. The number of nitrogens with zero attached hydrogens (tertiary/aromatic N) is 1. The van der Waals surface area contributed by atoms with Crippen molar-refractivity contribution in [1.29, 1.82) is 0 Å². The lowest BCUT2D eigenvalue weighted by atomic mass is 10.00. The smallest absolute Gasteiger partial charge is 0.156 e. The SMILES string of the molecule is C#C[C@H]1CC[N+]1(C)CCO. The Bertz CT molecular complexity index is 161. The largest absolute Gasteiger partial charge is 0.391 e. The molecule has 2 heteroatoms. The number of hydrogen-bond donors (Lipinski definition) is 1. The molecule has 2 atom stereocenters. The second kappa shape index (κ2) is 2.61. The van der Waals surface area contributed by atoms with Crippen molar-refractivity contribution < 1.29 is 9.59 Å². The molecule has 0 spiro atoms. The highest BCUT2D eigenvalue weighted by Crippen LogP contribution is 2.24. The molecule has 56 valence electrons. The summed E-state index contributed by atoms with van der Waals surface area (Å²) in [5.74, 6) is 2.74. The summed E-state index contributed by atoms with van der Waals surface area (Å²) < 4.78 is 0.868. The van der Waals surface area contributed by atoms with Gasteiger partial charge in [0, 0.05) is 0 Å². The summed E-state index contributed by atoms with van der Waals surface area (Å²) in [6, 6.07) is 0.354. The maximum atomic E-state index is 8.70. The van der Waals surface area contributed by atoms with Crippen molar-refractivity contribution in [2.24, 2.45) is 0 Å². The van der Waals surface area contributed by atoms with Crippen LogP contribution in [0.15, 0.2) is 0 Å². The van der Waals surface area contributed by atoms with E-state index in [2.05, 4.69) is 13.0 Å². The van der Waals surface area contributed by atoms with Crippen LogP contribution < -0.4 is 0 Å². The minimum atomic E-state index is 0.245. The van der Waals surface area contributed by atoms with Crippen molar-refractivity contribution in [2.45, 2.75) is 12.5 Å². The molecule has 1 N–H and O–H groups in total. The molecule has 0 bridgehead atoms. The zero-order valence-corrected chi connectivity index (χ0v) is 6.38. The molecule has 0 radical (unpaired) electrons. The van der Waals surface area contributed by atoms with Gasteiger partial charge in [0.05, 0.1) is 26.6 Å². The van der Waals surface area contributed by atoms with Crippen molar-refractivity contribution in [3.63, 3.8) is 0 Å². The Morgan fingerprint density at radius 2 is 2.50 bits per heavy atom. The fourth-order valence-corrected chi connectivity index (χ4v) is 1.46. The van der Waals surface area contributed by atoms with Gasteiger partial charge in [-0.3, -0.25) is 0 Å². The van der Waals surface area contributed by atoms with E-state index in [0.29, 0.717) is 6.04 Å². The van der Waals surface area contributed by atoms with Gasteiger partial charge in [0.1, 0.15) is 6.54 Å². The van der Waals surface area contributed by atoms with Gasteiger partial charge in [-0.25, -0.2) is 0 Å². The number of quaternary nitrogens is 1. The summed E-state index contributed by atoms with van der Waals surface area (Å²) in [6.45, 7) is 2.17. The van der Waals surface area contributed by atoms with Crippen molar-refractivity contribution in [1.82, 2.24) is 0 Å². The molecule has 0 aromatic heterocycles. The number of hydrogen-bond acceptors (Lipinski definition) is 1. The first-order valence-corrected chi connectivity index (χ1v) is 3.64. The highest BCUT2D eigenvalue weighted by Gasteiger charge is 2.40. The molecule has 1 unspecified atom stereocenters. The van der Waals surface area contributed by atoms with Crippen LogP contribution in [0.5, 0.6) is 0 Å². The minimum Gasteiger partial charge on any atom is -0.391 e. The number of aliphatic hydroxyl groups is 1. The zero-order valence-electron chi connectivity index (χ0n) is 6.38. The summed E-state index contributed by atoms with van der Waals surface area (Å²) in [6.07, 6.45) is 6.41. The second-order valence-corrected chi connectivity index (χ2v) is 3.12. The van der Waals surface area contributed by atoms with Gasteiger partial charge in [-0.05, 0) is 5.92 Å². The fourth-order valence-electron chi connectivity index (χ4n) is 1.46. The first kappa shape index (κ1) is 7.59. The predicted molar refractivity (Wildman–Crippen MR) is 40.2 cm³/mol. The van der Waals surface area contributed by atoms with Crippen molar-refractivity contribution in [3.05, 3.63) is 0 Å². The Kier molecular flexibility index (Phi) is 1.98. The molecule has 0 saturated carbocycles. The van der Waals surface area contributed by atoms with Gasteiger partial charge in [0.25, 0.3) is 0 Å². The molecule has 0 aromatic rings. The van der Waals surface area contributed by atoms with Gasteiger partial charge >= 0.3 is 0 Å². The van der Waals surface area contributed by atoms with Crippen LogP contribution in [0.2, 0.25) is 0 Å². The third-order valence-electron chi connectivity index (χ3n) is 2.47. The third kappa shape index (κ3) is 1.03. The predicted octanol–water partition coefficient (Wildman–Crippen LogP) is -0.169. The van der Waals surface area contributed by atoms with E-state index < -0.39 is 0 Å². The van der Waals surface area contributed by atoms with Crippen LogP contribution in [-0.2, 0) is 0 Å². The standard InChI is InChI=1S/C8H14NO/c1-3-8-4-5-9(8,2)6-7-10/h1,8,10H,4-7H2,2H3/q+1/t8-,9?/m0/s1. The number of terminal acetylenes is 1. The minimum absolute atomic E-state index is 0.245. The number of likely N-dealkylation sites (N-methyl/N-ethyl adjacent to an activating group) is 1. The van der Waals surface area contributed by atoms with Crippen LogP contribution >= 0.6 is 0 Å². The molecular weight excluding hydrogens is 126 g/mol. The van der Waals surface area contributed by atoms with E-state index in [-0.39, 0.29) is 6.61 Å². The first-order chi connectivity index (χ1) is 4.73. The van der Waals surface area contributed by atoms with Crippen molar-refractivity contribution in [3.8, 4) is 12.3 Å². The molecular formula is C8H14NO+. The van der Waals surface area contributed by atoms with E-state index in [1.54, 1.807) is 0 Å². The van der Waals surface area contributed by atoms with E-state index in [9.17, 15) is 0 Å². The van der Waals surface area contributed by atoms with E-state index >= 15 is 0 Å². The van der Waals surface area contributed by atoms with Crippen LogP contribution in [0.1, 0.15) is 6.42 Å². The summed E-state index contributed by atoms with van der Waals surface area (Å²) in [5.41, 5.74) is 0. The van der Waals surface area contributed by atoms with Crippen LogP contribution in [0.3, 0.4) is 0 Å². The summed E-state index contributed by atoms with van der Waals surface area (Å²) in [5, 5.41) is 8.70. The van der Waals surface area contributed by atoms with Crippen LogP contribution in [0.4, 0.5) is 0 Å². The average molecular weight is 140 g/mol. The molecule has 0 amide bonds. The van der Waals surface area contributed by atoms with Crippen molar-refractivity contribution in [2.75, 3.05) is 26.7 Å². The topological polar surface area (TPSA) is 20.2 Å². The monoisotopic (exact) mass is 140 g/mol. The van der Waals surface area contributed by atoms with Crippen LogP contribution in [0, 0.1) is 12.3 Å². The normalized spacial score (nSPS) is 38.3. The Morgan fingerprint density at radius 3 is 2.80 bits per heavy atom. The molecule has 1 aliphatic rings. The van der Waals surface area contributed by atoms with Gasteiger partial charge < -0.3 is 9.59 Å². The van der Waals surface area contributed by atoms with Crippen molar-refractivity contribution >= 4 is 0 Å². The van der Waals surface area contributed by atoms with E-state index in [4.69, 9.17) is 11.5 Å². The Morgan fingerprint density at radius 1 is 1.80 bits per heavy atom. The van der Waals surface area contributed by atoms with E-state index in [1.807, 2.05) is 0 Å². The molecule has 0 aromatic carbocycles. The third-order valence-corrected chi connectivity index (χ3v) is 2.47. The van der Waals surface area contributed by atoms with Gasteiger partial charge in [-0.2, -0.15) is 0 Å². The van der Waals surface area contributed by atoms with Crippen LogP contribution in [-0.4, -0.2) is 42.4 Å². The van der Waals surface area contributed by atoms with E-state index in [1.165, 1.54) is 0 Å². The van der Waals surface area contributed by atoms with Gasteiger partial charge in [0.15, 0.2) is 6.04 Å². The zero-order chi connectivity index (χ0) is 7.61. The first-order valence-electron chi connectivity index (χ1n) is 3.64. The maximum Gasteiger partial charge on any atom is 0.156 e. The molecule has 1 heterocycles. The summed E-state index contributed by atoms with van der Waals surface area (Å²) >= 11 is 0. The molecule has 1 rings (SSSR count).